The molecule has 3 aromatic heterocycles. The molecular weight excluding hydrogens is 498 g/mol. The molecule has 192 valence electrons. The van der Waals surface area contributed by atoms with Gasteiger partial charge in [0.15, 0.2) is 17.0 Å². The van der Waals surface area contributed by atoms with Crippen LogP contribution in [0.5, 0.6) is 0 Å². The van der Waals surface area contributed by atoms with Crippen LogP contribution in [-0.4, -0.2) is 46.0 Å². The second kappa shape index (κ2) is 12.8. The molecule has 1 aromatic carbocycles. The summed E-state index contributed by atoms with van der Waals surface area (Å²) in [7, 11) is 0. The lowest BCUT2D eigenvalue weighted by Crippen LogP contribution is -2.24. The van der Waals surface area contributed by atoms with Gasteiger partial charge in [-0.15, -0.1) is 11.3 Å². The Morgan fingerprint density at radius 1 is 1.19 bits per heavy atom. The quantitative estimate of drug-likeness (QED) is 0.121. The van der Waals surface area contributed by atoms with Gasteiger partial charge in [-0.05, 0) is 37.3 Å². The highest BCUT2D eigenvalue weighted by Crippen LogP contribution is 2.24. The summed E-state index contributed by atoms with van der Waals surface area (Å²) in [6, 6.07) is 11.9. The fourth-order valence-corrected chi connectivity index (χ4v) is 5.04. The van der Waals surface area contributed by atoms with E-state index in [2.05, 4.69) is 37.5 Å². The zero-order chi connectivity index (χ0) is 25.3. The molecule has 0 fully saturated rings. The van der Waals surface area contributed by atoms with Crippen LogP contribution in [0.3, 0.4) is 0 Å². The Bertz CT molecular complexity index is 1280. The average molecular weight is 530 g/mol. The van der Waals surface area contributed by atoms with Crippen LogP contribution in [0.2, 0.25) is 0 Å². The number of aliphatic hydroxyl groups excluding tert-OH is 1. The number of aliphatic hydroxyl groups is 1. The van der Waals surface area contributed by atoms with Gasteiger partial charge in [0.25, 0.3) is 11.3 Å². The number of nitrogens with one attached hydrogen (secondary N) is 3. The van der Waals surface area contributed by atoms with Crippen LogP contribution in [0, 0.1) is 0 Å². The predicted octanol–water partition coefficient (Wildman–Crippen LogP) is 4.25. The minimum absolute atomic E-state index is 0.00188. The van der Waals surface area contributed by atoms with Crippen LogP contribution in [0.25, 0.3) is 11.2 Å². The highest BCUT2D eigenvalue weighted by Gasteiger charge is 2.15. The Balaban J connectivity index is 1.46. The lowest BCUT2D eigenvalue weighted by Gasteiger charge is -2.15. The van der Waals surface area contributed by atoms with Crippen LogP contribution in [-0.2, 0) is 30.8 Å². The van der Waals surface area contributed by atoms with Crippen LogP contribution in [0.1, 0.15) is 36.6 Å². The third kappa shape index (κ3) is 7.00. The number of thiophene rings is 1. The first-order chi connectivity index (χ1) is 17.6. The fourth-order valence-electron chi connectivity index (χ4n) is 3.78. The number of aryl methyl sites for hydroxylation is 2. The molecule has 0 spiro atoms. The number of imidazole rings is 1. The normalized spacial score (nSPS) is 13.0. The SMILES string of the molecule is CC[C@H](CO)Nc1nc(NCc2ccccc2)c2ncn(CCCCc3cc(NS(=O)O)cs3)c2n1. The fraction of sp³-hybridized carbons (Fsp3) is 0.375. The third-order valence-corrected chi connectivity index (χ3v) is 7.15. The number of hydrogen-bond donors (Lipinski definition) is 5. The Labute approximate surface area is 216 Å². The van der Waals surface area contributed by atoms with E-state index in [0.29, 0.717) is 29.5 Å². The number of nitrogens with zero attached hydrogens (tertiary/aromatic N) is 4. The molecular formula is C24H31N7O3S2. The maximum atomic E-state index is 10.9. The van der Waals surface area contributed by atoms with Crippen molar-refractivity contribution in [2.24, 2.45) is 0 Å². The minimum atomic E-state index is -2.06. The molecule has 0 amide bonds. The Kier molecular flexibility index (Phi) is 9.23. The van der Waals surface area contributed by atoms with Crippen molar-refractivity contribution >= 4 is 51.2 Å². The Morgan fingerprint density at radius 2 is 2.03 bits per heavy atom. The number of anilines is 3. The van der Waals surface area contributed by atoms with Crippen LogP contribution >= 0.6 is 11.3 Å². The van der Waals surface area contributed by atoms with Crippen molar-refractivity contribution in [1.82, 2.24) is 19.5 Å². The van der Waals surface area contributed by atoms with Crippen molar-refractivity contribution in [2.45, 2.75) is 51.7 Å². The molecule has 0 bridgehead atoms. The minimum Gasteiger partial charge on any atom is -0.394 e. The smallest absolute Gasteiger partial charge is 0.259 e. The van der Waals surface area contributed by atoms with Crippen LogP contribution < -0.4 is 15.4 Å². The van der Waals surface area contributed by atoms with Crippen LogP contribution in [0.15, 0.2) is 48.1 Å². The molecule has 0 saturated carbocycles. The van der Waals surface area contributed by atoms with Gasteiger partial charge in [0.1, 0.15) is 0 Å². The van der Waals surface area contributed by atoms with E-state index in [1.165, 1.54) is 0 Å². The Morgan fingerprint density at radius 3 is 2.78 bits per heavy atom. The number of unbranched alkanes of at least 4 members (excludes halogenated alkanes) is 1. The van der Waals surface area contributed by atoms with Gasteiger partial charge >= 0.3 is 0 Å². The molecule has 0 aliphatic rings. The molecule has 36 heavy (non-hydrogen) atoms. The van der Waals surface area contributed by atoms with Crippen LogP contribution in [0.4, 0.5) is 17.5 Å². The highest BCUT2D eigenvalue weighted by molar-refractivity contribution is 7.80. The van der Waals surface area contributed by atoms with Gasteiger partial charge in [0, 0.05) is 23.3 Å². The number of fused-ring (bicyclic) bond motifs is 1. The van der Waals surface area contributed by atoms with Gasteiger partial charge in [-0.1, -0.05) is 37.3 Å². The molecule has 10 nitrogen and oxygen atoms in total. The van der Waals surface area contributed by atoms with E-state index < -0.39 is 11.3 Å². The summed E-state index contributed by atoms with van der Waals surface area (Å²) in [6.07, 6.45) is 5.31. The molecule has 0 aliphatic heterocycles. The first-order valence-electron chi connectivity index (χ1n) is 11.9. The summed E-state index contributed by atoms with van der Waals surface area (Å²) in [4.78, 5) is 15.1. The first-order valence-corrected chi connectivity index (χ1v) is 13.9. The molecule has 1 unspecified atom stereocenters. The predicted molar refractivity (Wildman–Crippen MR) is 146 cm³/mol. The van der Waals surface area contributed by atoms with Crippen molar-refractivity contribution in [3.05, 3.63) is 58.5 Å². The van der Waals surface area contributed by atoms with E-state index in [9.17, 15) is 9.32 Å². The van der Waals surface area contributed by atoms with E-state index in [0.717, 1.165) is 48.3 Å². The molecule has 0 saturated heterocycles. The van der Waals surface area contributed by atoms with E-state index in [1.54, 1.807) is 17.7 Å². The molecule has 3 heterocycles. The summed E-state index contributed by atoms with van der Waals surface area (Å²) in [6.45, 7) is 3.36. The second-order valence-corrected chi connectivity index (χ2v) is 10.1. The largest absolute Gasteiger partial charge is 0.394 e. The summed E-state index contributed by atoms with van der Waals surface area (Å²) in [5.74, 6) is 1.11. The second-order valence-electron chi connectivity index (χ2n) is 8.39. The van der Waals surface area contributed by atoms with E-state index in [-0.39, 0.29) is 12.6 Å². The number of rotatable bonds is 14. The third-order valence-electron chi connectivity index (χ3n) is 5.74. The molecule has 2 atom stereocenters. The van der Waals surface area contributed by atoms with Crippen molar-refractivity contribution in [2.75, 3.05) is 22.0 Å². The van der Waals surface area contributed by atoms with Crippen molar-refractivity contribution < 1.29 is 13.9 Å². The molecule has 0 aliphatic carbocycles. The molecule has 5 N–H and O–H groups in total. The van der Waals surface area contributed by atoms with Crippen molar-refractivity contribution in [3.63, 3.8) is 0 Å². The zero-order valence-corrected chi connectivity index (χ0v) is 21.7. The van der Waals surface area contributed by atoms with Gasteiger partial charge in [-0.25, -0.2) is 9.19 Å². The van der Waals surface area contributed by atoms with Crippen molar-refractivity contribution in [1.29, 1.82) is 0 Å². The maximum Gasteiger partial charge on any atom is 0.259 e. The van der Waals surface area contributed by atoms with Gasteiger partial charge in [-0.3, -0.25) is 9.27 Å². The molecule has 4 aromatic rings. The summed E-state index contributed by atoms with van der Waals surface area (Å²) >= 11 is -0.482. The lowest BCUT2D eigenvalue weighted by atomic mass is 10.2. The van der Waals surface area contributed by atoms with Gasteiger partial charge < -0.3 is 20.3 Å². The van der Waals surface area contributed by atoms with Gasteiger partial charge in [0.05, 0.1) is 24.7 Å². The Hall–Kier alpha value is -3.06. The van der Waals surface area contributed by atoms with Crippen molar-refractivity contribution in [3.8, 4) is 0 Å². The van der Waals surface area contributed by atoms with E-state index in [1.807, 2.05) is 41.1 Å². The summed E-state index contributed by atoms with van der Waals surface area (Å²) in [5.41, 5.74) is 3.25. The standard InChI is InChI=1S/C24H31N7O3S2/c1-2-18(14-32)27-24-28-22(25-13-17-8-4-3-5-9-17)21-23(29-24)31(16-26-21)11-7-6-10-20-12-19(15-35-20)30-36(33)34/h3-5,8-9,12,15-16,18,30,32H,2,6-7,10-11,13-14H2,1H3,(H,33,34)(H2,25,27,28,29)/t18-/m1/s1. The molecule has 12 heteroatoms. The average Bonchev–Trinajstić information content (AvgIpc) is 3.50. The van der Waals surface area contributed by atoms with E-state index in [4.69, 9.17) is 9.54 Å². The summed E-state index contributed by atoms with van der Waals surface area (Å²) in [5, 5.41) is 18.1. The maximum absolute atomic E-state index is 10.9. The number of benzene rings is 1. The highest BCUT2D eigenvalue weighted by atomic mass is 32.2. The van der Waals surface area contributed by atoms with Gasteiger partial charge in [-0.2, -0.15) is 9.97 Å². The van der Waals surface area contributed by atoms with Gasteiger partial charge in [0.2, 0.25) is 5.95 Å². The number of aromatic nitrogens is 4. The monoisotopic (exact) mass is 529 g/mol. The lowest BCUT2D eigenvalue weighted by molar-refractivity contribution is 0.271. The summed E-state index contributed by atoms with van der Waals surface area (Å²) < 4.78 is 24.4. The molecule has 0 radical (unpaired) electrons. The topological polar surface area (TPSA) is 137 Å². The zero-order valence-electron chi connectivity index (χ0n) is 20.1. The first kappa shape index (κ1) is 26.0. The van der Waals surface area contributed by atoms with E-state index >= 15 is 0 Å². The molecule has 4 rings (SSSR count). The number of hydrogen-bond acceptors (Lipinski definition) is 8.